The summed E-state index contributed by atoms with van der Waals surface area (Å²) in [6, 6.07) is 9.90. The summed E-state index contributed by atoms with van der Waals surface area (Å²) in [6.07, 6.45) is 3.63. The van der Waals surface area contributed by atoms with E-state index in [-0.39, 0.29) is 6.04 Å². The summed E-state index contributed by atoms with van der Waals surface area (Å²) in [5.41, 5.74) is 8.97. The van der Waals surface area contributed by atoms with Gasteiger partial charge < -0.3 is 16.0 Å². The van der Waals surface area contributed by atoms with Gasteiger partial charge in [-0.2, -0.15) is 0 Å². The van der Waals surface area contributed by atoms with E-state index in [4.69, 9.17) is 5.73 Å². The highest BCUT2D eigenvalue weighted by Gasteiger charge is 2.30. The zero-order valence-electron chi connectivity index (χ0n) is 11.1. The maximum absolute atomic E-state index is 6.22. The standard InChI is InChI=1S/C15H23N3/c1-18-8-4-5-11(10-18)17-15-9-14(16)12-6-2-3-7-13(12)15/h2-3,6-7,11,14-15,17H,4-5,8-10,16H2,1H3. The summed E-state index contributed by atoms with van der Waals surface area (Å²) >= 11 is 0. The molecule has 1 aromatic rings. The Kier molecular flexibility index (Phi) is 3.37. The van der Waals surface area contributed by atoms with Crippen molar-refractivity contribution >= 4 is 0 Å². The zero-order valence-corrected chi connectivity index (χ0v) is 11.1. The van der Waals surface area contributed by atoms with Gasteiger partial charge in [0.15, 0.2) is 0 Å². The summed E-state index contributed by atoms with van der Waals surface area (Å²) in [7, 11) is 2.21. The van der Waals surface area contributed by atoms with Crippen molar-refractivity contribution in [3.05, 3.63) is 35.4 Å². The molecule has 1 fully saturated rings. The molecule has 98 valence electrons. The lowest BCUT2D eigenvalue weighted by Crippen LogP contribution is -2.45. The molecule has 1 aliphatic carbocycles. The fourth-order valence-corrected chi connectivity index (χ4v) is 3.42. The minimum absolute atomic E-state index is 0.208. The van der Waals surface area contributed by atoms with Crippen molar-refractivity contribution in [2.75, 3.05) is 20.1 Å². The number of nitrogens with two attached hydrogens (primary N) is 1. The Morgan fingerprint density at radius 3 is 2.83 bits per heavy atom. The number of hydrogen-bond acceptors (Lipinski definition) is 3. The average molecular weight is 245 g/mol. The van der Waals surface area contributed by atoms with E-state index >= 15 is 0 Å². The predicted molar refractivity (Wildman–Crippen MR) is 74.4 cm³/mol. The first-order valence-electron chi connectivity index (χ1n) is 7.03. The fraction of sp³-hybridized carbons (Fsp3) is 0.600. The second kappa shape index (κ2) is 5.00. The monoisotopic (exact) mass is 245 g/mol. The van der Waals surface area contributed by atoms with Crippen LogP contribution in [0.4, 0.5) is 0 Å². The Morgan fingerprint density at radius 1 is 1.28 bits per heavy atom. The molecule has 3 rings (SSSR count). The maximum atomic E-state index is 6.22. The van der Waals surface area contributed by atoms with Crippen LogP contribution in [0.15, 0.2) is 24.3 Å². The number of nitrogens with zero attached hydrogens (tertiary/aromatic N) is 1. The second-order valence-corrected chi connectivity index (χ2v) is 5.79. The van der Waals surface area contributed by atoms with Crippen molar-refractivity contribution in [1.82, 2.24) is 10.2 Å². The quantitative estimate of drug-likeness (QED) is 0.835. The van der Waals surface area contributed by atoms with Crippen LogP contribution >= 0.6 is 0 Å². The van der Waals surface area contributed by atoms with E-state index < -0.39 is 0 Å². The summed E-state index contributed by atoms with van der Waals surface area (Å²) in [5.74, 6) is 0. The number of hydrogen-bond donors (Lipinski definition) is 2. The lowest BCUT2D eigenvalue weighted by molar-refractivity contribution is 0.215. The van der Waals surface area contributed by atoms with Gasteiger partial charge in [0.2, 0.25) is 0 Å². The fourth-order valence-electron chi connectivity index (χ4n) is 3.42. The Hall–Kier alpha value is -0.900. The maximum Gasteiger partial charge on any atom is 0.0344 e. The van der Waals surface area contributed by atoms with Gasteiger partial charge in [-0.15, -0.1) is 0 Å². The van der Waals surface area contributed by atoms with Crippen LogP contribution in [0.25, 0.3) is 0 Å². The third-order valence-electron chi connectivity index (χ3n) is 4.32. The summed E-state index contributed by atoms with van der Waals surface area (Å²) in [6.45, 7) is 2.40. The zero-order chi connectivity index (χ0) is 12.5. The number of nitrogens with one attached hydrogen (secondary N) is 1. The van der Waals surface area contributed by atoms with Crippen molar-refractivity contribution in [2.45, 2.75) is 37.4 Å². The molecule has 0 aromatic heterocycles. The number of likely N-dealkylation sites (tertiary alicyclic amines) is 1. The third-order valence-corrected chi connectivity index (χ3v) is 4.32. The van der Waals surface area contributed by atoms with Crippen LogP contribution in [-0.4, -0.2) is 31.1 Å². The summed E-state index contributed by atoms with van der Waals surface area (Å²) in [5, 5.41) is 3.81. The molecule has 1 aromatic carbocycles. The number of benzene rings is 1. The van der Waals surface area contributed by atoms with Gasteiger partial charge in [-0.1, -0.05) is 24.3 Å². The molecule has 0 radical (unpaired) electrons. The summed E-state index contributed by atoms with van der Waals surface area (Å²) in [4.78, 5) is 2.42. The number of likely N-dealkylation sites (N-methyl/N-ethyl adjacent to an activating group) is 1. The van der Waals surface area contributed by atoms with Gasteiger partial charge in [0.1, 0.15) is 0 Å². The van der Waals surface area contributed by atoms with E-state index in [1.165, 1.54) is 30.5 Å². The predicted octanol–water partition coefficient (Wildman–Crippen LogP) is 1.81. The van der Waals surface area contributed by atoms with Gasteiger partial charge in [0.25, 0.3) is 0 Å². The van der Waals surface area contributed by atoms with E-state index in [9.17, 15) is 0 Å². The van der Waals surface area contributed by atoms with E-state index in [0.717, 1.165) is 13.0 Å². The van der Waals surface area contributed by atoms with Crippen LogP contribution in [0.5, 0.6) is 0 Å². The Balaban J connectivity index is 1.71. The number of piperidine rings is 1. The molecule has 3 unspecified atom stereocenters. The number of fused-ring (bicyclic) bond motifs is 1. The molecule has 0 amide bonds. The van der Waals surface area contributed by atoms with E-state index in [1.807, 2.05) is 0 Å². The van der Waals surface area contributed by atoms with Gasteiger partial charge in [0.05, 0.1) is 0 Å². The Labute approximate surface area is 109 Å². The van der Waals surface area contributed by atoms with Gasteiger partial charge in [0, 0.05) is 24.7 Å². The molecule has 1 saturated heterocycles. The van der Waals surface area contributed by atoms with Crippen LogP contribution in [0, 0.1) is 0 Å². The first-order valence-corrected chi connectivity index (χ1v) is 7.03. The van der Waals surface area contributed by atoms with Gasteiger partial charge >= 0.3 is 0 Å². The molecule has 2 aliphatic rings. The summed E-state index contributed by atoms with van der Waals surface area (Å²) < 4.78 is 0. The smallest absolute Gasteiger partial charge is 0.0344 e. The van der Waals surface area contributed by atoms with Crippen LogP contribution in [0.2, 0.25) is 0 Å². The molecule has 0 bridgehead atoms. The van der Waals surface area contributed by atoms with Gasteiger partial charge in [-0.25, -0.2) is 0 Å². The van der Waals surface area contributed by atoms with Crippen molar-refractivity contribution in [2.24, 2.45) is 5.73 Å². The average Bonchev–Trinajstić information content (AvgIpc) is 2.67. The Bertz CT molecular complexity index is 418. The van der Waals surface area contributed by atoms with Crippen molar-refractivity contribution < 1.29 is 0 Å². The second-order valence-electron chi connectivity index (χ2n) is 5.79. The normalized spacial score (nSPS) is 32.4. The van der Waals surface area contributed by atoms with Crippen LogP contribution in [0.3, 0.4) is 0 Å². The highest BCUT2D eigenvalue weighted by atomic mass is 15.1. The SMILES string of the molecule is CN1CCCC(NC2CC(N)c3ccccc32)C1. The Morgan fingerprint density at radius 2 is 2.06 bits per heavy atom. The van der Waals surface area contributed by atoms with E-state index in [1.54, 1.807) is 0 Å². The van der Waals surface area contributed by atoms with Crippen molar-refractivity contribution in [1.29, 1.82) is 0 Å². The number of rotatable bonds is 2. The molecule has 1 aliphatic heterocycles. The molecule has 3 N–H and O–H groups in total. The molecule has 0 saturated carbocycles. The minimum Gasteiger partial charge on any atom is -0.324 e. The molecular formula is C15H23N3. The first kappa shape index (κ1) is 12.2. The molecule has 1 heterocycles. The lowest BCUT2D eigenvalue weighted by Gasteiger charge is -2.32. The van der Waals surface area contributed by atoms with Gasteiger partial charge in [-0.05, 0) is 44.0 Å². The largest absolute Gasteiger partial charge is 0.324 e. The van der Waals surface area contributed by atoms with Crippen LogP contribution in [0.1, 0.15) is 42.5 Å². The lowest BCUT2D eigenvalue weighted by atomic mass is 10.0. The molecule has 3 atom stereocenters. The van der Waals surface area contributed by atoms with Crippen LogP contribution in [-0.2, 0) is 0 Å². The van der Waals surface area contributed by atoms with E-state index in [0.29, 0.717) is 12.1 Å². The topological polar surface area (TPSA) is 41.3 Å². The van der Waals surface area contributed by atoms with Crippen molar-refractivity contribution in [3.63, 3.8) is 0 Å². The first-order chi connectivity index (χ1) is 8.74. The molecule has 3 nitrogen and oxygen atoms in total. The molecule has 18 heavy (non-hydrogen) atoms. The van der Waals surface area contributed by atoms with Crippen molar-refractivity contribution in [3.8, 4) is 0 Å². The third kappa shape index (κ3) is 2.30. The molecule has 0 spiro atoms. The van der Waals surface area contributed by atoms with Crippen LogP contribution < -0.4 is 11.1 Å². The minimum atomic E-state index is 0.208. The molecule has 3 heteroatoms. The highest BCUT2D eigenvalue weighted by molar-refractivity contribution is 5.37. The van der Waals surface area contributed by atoms with Gasteiger partial charge in [-0.3, -0.25) is 0 Å². The van der Waals surface area contributed by atoms with E-state index in [2.05, 4.69) is 41.5 Å². The highest BCUT2D eigenvalue weighted by Crippen LogP contribution is 2.37. The molecular weight excluding hydrogens is 222 g/mol.